The standard InChI is InChI=1S/C38H46O9/c1-21(2)11-10-18-36(8)19-17-24-29(39)28-30(40)26-12-9-13-27-35(6,7)47-37(34(43)44,20-16-23(5)33(41)42)38(26,27)46-32(28)25(31(24)45-36)15-14-22(3)4/h11-12,14,16-17,19,27,39H,9-10,13,15,18,20H2,1-8H3,(H,41,42)(H,43,44). The number of phenols is 1. The number of benzene rings is 1. The third kappa shape index (κ3) is 5.42. The minimum atomic E-state index is -2.16. The van der Waals surface area contributed by atoms with Gasteiger partial charge in [0.2, 0.25) is 5.60 Å². The van der Waals surface area contributed by atoms with E-state index in [1.54, 1.807) is 26.0 Å². The number of ketones is 1. The van der Waals surface area contributed by atoms with Crippen LogP contribution in [0.4, 0.5) is 0 Å². The number of rotatable bonds is 9. The predicted molar refractivity (Wildman–Crippen MR) is 178 cm³/mol. The van der Waals surface area contributed by atoms with Crippen molar-refractivity contribution in [1.82, 2.24) is 0 Å². The minimum absolute atomic E-state index is 0.0407. The zero-order valence-corrected chi connectivity index (χ0v) is 28.6. The van der Waals surface area contributed by atoms with Crippen molar-refractivity contribution < 1.29 is 43.9 Å². The van der Waals surface area contributed by atoms with Crippen LogP contribution in [0.25, 0.3) is 6.08 Å². The number of carboxylic acids is 2. The van der Waals surface area contributed by atoms with Gasteiger partial charge in [0.15, 0.2) is 11.4 Å². The molecule has 4 atom stereocenters. The molecule has 4 unspecified atom stereocenters. The fourth-order valence-electron chi connectivity index (χ4n) is 7.66. The van der Waals surface area contributed by atoms with Crippen LogP contribution >= 0.6 is 0 Å². The van der Waals surface area contributed by atoms with Crippen LogP contribution < -0.4 is 9.47 Å². The summed E-state index contributed by atoms with van der Waals surface area (Å²) in [4.78, 5) is 40.0. The number of carbonyl (C=O) groups excluding carboxylic acids is 1. The second-order valence-electron chi connectivity index (χ2n) is 14.5. The van der Waals surface area contributed by atoms with Crippen molar-refractivity contribution in [2.24, 2.45) is 5.92 Å². The molecular weight excluding hydrogens is 600 g/mol. The van der Waals surface area contributed by atoms with E-state index < -0.39 is 46.0 Å². The molecule has 47 heavy (non-hydrogen) atoms. The van der Waals surface area contributed by atoms with Crippen molar-refractivity contribution in [2.75, 3.05) is 0 Å². The number of aromatic hydroxyl groups is 1. The third-order valence-electron chi connectivity index (χ3n) is 10.0. The van der Waals surface area contributed by atoms with E-state index in [4.69, 9.17) is 14.2 Å². The van der Waals surface area contributed by atoms with E-state index in [9.17, 15) is 29.7 Å². The van der Waals surface area contributed by atoms with Gasteiger partial charge in [-0.3, -0.25) is 4.79 Å². The molecule has 0 bridgehead atoms. The van der Waals surface area contributed by atoms with Crippen LogP contribution in [0.5, 0.6) is 17.2 Å². The Morgan fingerprint density at radius 3 is 2.28 bits per heavy atom. The molecule has 1 spiro atoms. The van der Waals surface area contributed by atoms with Crippen molar-refractivity contribution in [3.63, 3.8) is 0 Å². The summed E-state index contributed by atoms with van der Waals surface area (Å²) in [6.45, 7) is 14.9. The molecule has 252 valence electrons. The van der Waals surface area contributed by atoms with Crippen molar-refractivity contribution in [3.8, 4) is 17.2 Å². The number of hydrogen-bond donors (Lipinski definition) is 3. The molecule has 1 aromatic carbocycles. The summed E-state index contributed by atoms with van der Waals surface area (Å²) in [7, 11) is 0. The lowest BCUT2D eigenvalue weighted by Gasteiger charge is -2.50. The largest absolute Gasteiger partial charge is 0.506 e. The van der Waals surface area contributed by atoms with E-state index in [1.165, 1.54) is 18.6 Å². The fourth-order valence-corrected chi connectivity index (χ4v) is 7.66. The molecule has 1 aromatic rings. The highest BCUT2D eigenvalue weighted by Gasteiger charge is 2.77. The Morgan fingerprint density at radius 1 is 0.979 bits per heavy atom. The number of hydrogen-bond acceptors (Lipinski definition) is 7. The lowest BCUT2D eigenvalue weighted by Crippen LogP contribution is -2.66. The van der Waals surface area contributed by atoms with Crippen LogP contribution in [0.1, 0.15) is 109 Å². The van der Waals surface area contributed by atoms with Crippen molar-refractivity contribution in [3.05, 3.63) is 69.4 Å². The smallest absolute Gasteiger partial charge is 0.340 e. The minimum Gasteiger partial charge on any atom is -0.506 e. The monoisotopic (exact) mass is 646 g/mol. The Labute approximate surface area is 276 Å². The van der Waals surface area contributed by atoms with Gasteiger partial charge in [0, 0.05) is 29.0 Å². The molecule has 0 aromatic heterocycles. The van der Waals surface area contributed by atoms with Crippen LogP contribution in [0, 0.1) is 5.92 Å². The molecule has 1 saturated heterocycles. The van der Waals surface area contributed by atoms with Crippen LogP contribution in [-0.4, -0.2) is 55.4 Å². The average Bonchev–Trinajstić information content (AvgIpc) is 3.18. The molecule has 0 saturated carbocycles. The first-order chi connectivity index (χ1) is 21.9. The lowest BCUT2D eigenvalue weighted by atomic mass is 9.60. The van der Waals surface area contributed by atoms with Crippen LogP contribution in [0.15, 0.2) is 52.7 Å². The molecule has 3 N–H and O–H groups in total. The summed E-state index contributed by atoms with van der Waals surface area (Å²) in [6, 6.07) is 0. The van der Waals surface area contributed by atoms with Gasteiger partial charge in [-0.1, -0.05) is 35.5 Å². The number of carbonyl (C=O) groups is 3. The summed E-state index contributed by atoms with van der Waals surface area (Å²) < 4.78 is 20.2. The Bertz CT molecular complexity index is 1700. The van der Waals surface area contributed by atoms with E-state index in [0.29, 0.717) is 42.6 Å². The molecule has 9 heteroatoms. The van der Waals surface area contributed by atoms with Crippen LogP contribution in [0.3, 0.4) is 0 Å². The highest BCUT2D eigenvalue weighted by atomic mass is 16.6. The summed E-state index contributed by atoms with van der Waals surface area (Å²) >= 11 is 0. The van der Waals surface area contributed by atoms with Gasteiger partial charge in [-0.25, -0.2) is 9.59 Å². The first-order valence-corrected chi connectivity index (χ1v) is 16.3. The molecule has 9 nitrogen and oxygen atoms in total. The van der Waals surface area contributed by atoms with E-state index in [1.807, 2.05) is 46.8 Å². The molecule has 0 radical (unpaired) electrons. The van der Waals surface area contributed by atoms with Gasteiger partial charge in [-0.05, 0) is 99.6 Å². The van der Waals surface area contributed by atoms with Gasteiger partial charge in [0.25, 0.3) is 0 Å². The normalized spacial score (nSPS) is 28.4. The maximum Gasteiger partial charge on any atom is 0.340 e. The quantitative estimate of drug-likeness (QED) is 0.184. The summed E-state index contributed by atoms with van der Waals surface area (Å²) in [5.41, 5.74) is -2.67. The van der Waals surface area contributed by atoms with Crippen molar-refractivity contribution in [1.29, 1.82) is 0 Å². The topological polar surface area (TPSA) is 140 Å². The molecule has 0 amide bonds. The first-order valence-electron chi connectivity index (χ1n) is 16.3. The van der Waals surface area contributed by atoms with E-state index in [0.717, 1.165) is 12.0 Å². The van der Waals surface area contributed by atoms with E-state index >= 15 is 0 Å². The maximum absolute atomic E-state index is 14.7. The van der Waals surface area contributed by atoms with Gasteiger partial charge in [0.05, 0.1) is 11.2 Å². The second kappa shape index (κ2) is 11.8. The molecule has 4 aliphatic rings. The average molecular weight is 647 g/mol. The Balaban J connectivity index is 1.80. The predicted octanol–water partition coefficient (Wildman–Crippen LogP) is 7.52. The van der Waals surface area contributed by atoms with Crippen LogP contribution in [0.2, 0.25) is 0 Å². The van der Waals surface area contributed by atoms with E-state index in [2.05, 4.69) is 6.08 Å². The Hall–Kier alpha value is -4.11. The van der Waals surface area contributed by atoms with Gasteiger partial charge < -0.3 is 29.5 Å². The second-order valence-corrected chi connectivity index (χ2v) is 14.5. The zero-order valence-electron chi connectivity index (χ0n) is 28.6. The summed E-state index contributed by atoms with van der Waals surface area (Å²) in [6.07, 6.45) is 13.1. The third-order valence-corrected chi connectivity index (χ3v) is 10.0. The molecule has 3 heterocycles. The molecular formula is C38H46O9. The Morgan fingerprint density at radius 2 is 1.66 bits per heavy atom. The molecule has 3 aliphatic heterocycles. The van der Waals surface area contributed by atoms with Crippen molar-refractivity contribution in [2.45, 2.75) is 116 Å². The SMILES string of the molecule is CC(C)=CCCC1(C)C=Cc2c(O)c3c(c(CC=C(C)C)c2O1)OC12C(=CCCC1C(C)(C)OC2(CC=C(C)C(=O)O)C(=O)O)C3=O. The highest BCUT2D eigenvalue weighted by Crippen LogP contribution is 2.64. The number of ether oxygens (including phenoxy) is 3. The number of carboxylic acid groups (broad SMARTS) is 2. The Kier molecular flexibility index (Phi) is 8.63. The maximum atomic E-state index is 14.7. The van der Waals surface area contributed by atoms with Gasteiger partial charge in [-0.15, -0.1) is 0 Å². The van der Waals surface area contributed by atoms with Gasteiger partial charge in [-0.2, -0.15) is 0 Å². The highest BCUT2D eigenvalue weighted by molar-refractivity contribution is 6.17. The number of allylic oxidation sites excluding steroid dienone is 5. The lowest BCUT2D eigenvalue weighted by molar-refractivity contribution is -0.184. The van der Waals surface area contributed by atoms with Crippen molar-refractivity contribution >= 4 is 23.8 Å². The number of Topliss-reactive ketones (excluding diaryl/α,β-unsaturated/α-hetero) is 1. The number of aliphatic carboxylic acids is 2. The molecule has 5 rings (SSSR count). The number of fused-ring (bicyclic) bond motifs is 2. The summed E-state index contributed by atoms with van der Waals surface area (Å²) in [5, 5.41) is 32.4. The van der Waals surface area contributed by atoms with Gasteiger partial charge >= 0.3 is 11.9 Å². The molecule has 1 fully saturated rings. The summed E-state index contributed by atoms with van der Waals surface area (Å²) in [5.74, 6) is -3.53. The van der Waals surface area contributed by atoms with Gasteiger partial charge in [0.1, 0.15) is 28.4 Å². The fraction of sp³-hybridized carbons (Fsp3) is 0.500. The van der Waals surface area contributed by atoms with Crippen LogP contribution in [-0.2, 0) is 20.7 Å². The first kappa shape index (κ1) is 34.2. The molecule has 1 aliphatic carbocycles. The number of phenolic OH excluding ortho intramolecular Hbond substituents is 1. The van der Waals surface area contributed by atoms with E-state index in [-0.39, 0.29) is 34.6 Å². The zero-order chi connectivity index (χ0) is 34.7.